The second-order valence-corrected chi connectivity index (χ2v) is 4.60. The fourth-order valence-corrected chi connectivity index (χ4v) is 1.80. The molecular weight excluding hydrogens is 251 g/mol. The van der Waals surface area contributed by atoms with Gasteiger partial charge in [0.2, 0.25) is 0 Å². The molecule has 0 fully saturated rings. The van der Waals surface area contributed by atoms with Crippen LogP contribution in [0.25, 0.3) is 0 Å². The molecule has 0 spiro atoms. The summed E-state index contributed by atoms with van der Waals surface area (Å²) >= 11 is 5.98. The van der Waals surface area contributed by atoms with E-state index in [1.54, 1.807) is 6.07 Å². The summed E-state index contributed by atoms with van der Waals surface area (Å²) in [4.78, 5) is 0. The molecule has 1 unspecified atom stereocenters. The Labute approximate surface area is 104 Å². The van der Waals surface area contributed by atoms with E-state index in [0.29, 0.717) is 11.6 Å². The summed E-state index contributed by atoms with van der Waals surface area (Å²) < 4.78 is 36.3. The molecule has 1 aromatic carbocycles. The minimum Gasteiger partial charge on any atom is -0.310 e. The van der Waals surface area contributed by atoms with Gasteiger partial charge in [-0.3, -0.25) is 0 Å². The second kappa shape index (κ2) is 5.74. The van der Waals surface area contributed by atoms with E-state index < -0.39 is 18.6 Å². The van der Waals surface area contributed by atoms with Crippen molar-refractivity contribution < 1.29 is 13.2 Å². The summed E-state index contributed by atoms with van der Waals surface area (Å²) in [6.45, 7) is 3.77. The van der Waals surface area contributed by atoms with Crippen LogP contribution in [0.2, 0.25) is 5.02 Å². The molecule has 0 aliphatic carbocycles. The Morgan fingerprint density at radius 3 is 2.53 bits per heavy atom. The van der Waals surface area contributed by atoms with Gasteiger partial charge in [0, 0.05) is 17.6 Å². The normalized spacial score (nSPS) is 13.8. The first-order valence-corrected chi connectivity index (χ1v) is 5.71. The van der Waals surface area contributed by atoms with Crippen molar-refractivity contribution in [3.63, 3.8) is 0 Å². The number of alkyl halides is 3. The first-order valence-electron chi connectivity index (χ1n) is 5.33. The van der Waals surface area contributed by atoms with Crippen LogP contribution in [0.5, 0.6) is 0 Å². The van der Waals surface area contributed by atoms with Crippen LogP contribution in [0.1, 0.15) is 24.5 Å². The molecule has 0 saturated carbocycles. The smallest absolute Gasteiger partial charge is 0.310 e. The summed E-state index contributed by atoms with van der Waals surface area (Å²) in [6.07, 6.45) is -4.97. The Morgan fingerprint density at radius 2 is 2.00 bits per heavy atom. The maximum atomic E-state index is 12.1. The van der Waals surface area contributed by atoms with E-state index in [9.17, 15) is 13.2 Å². The molecule has 0 heterocycles. The summed E-state index contributed by atoms with van der Waals surface area (Å²) in [7, 11) is 0. The largest absolute Gasteiger partial charge is 0.390 e. The molecule has 1 N–H and O–H groups in total. The number of benzene rings is 1. The van der Waals surface area contributed by atoms with Crippen molar-refractivity contribution in [2.45, 2.75) is 39.0 Å². The quantitative estimate of drug-likeness (QED) is 0.865. The molecule has 1 atom stereocenters. The lowest BCUT2D eigenvalue weighted by Crippen LogP contribution is -2.30. The van der Waals surface area contributed by atoms with Crippen LogP contribution in [-0.4, -0.2) is 12.2 Å². The van der Waals surface area contributed by atoms with Gasteiger partial charge in [-0.05, 0) is 31.0 Å². The molecule has 0 saturated heterocycles. The predicted molar refractivity (Wildman–Crippen MR) is 63.2 cm³/mol. The number of aryl methyl sites for hydroxylation is 1. The minimum atomic E-state index is -4.14. The minimum absolute atomic E-state index is 0.344. The molecule has 1 aromatic rings. The molecule has 17 heavy (non-hydrogen) atoms. The van der Waals surface area contributed by atoms with Gasteiger partial charge in [-0.25, -0.2) is 0 Å². The maximum Gasteiger partial charge on any atom is 0.390 e. The van der Waals surface area contributed by atoms with E-state index >= 15 is 0 Å². The number of hydrogen-bond acceptors (Lipinski definition) is 1. The highest BCUT2D eigenvalue weighted by molar-refractivity contribution is 6.31. The van der Waals surface area contributed by atoms with Gasteiger partial charge >= 0.3 is 6.18 Å². The standard InChI is InChI=1S/C12H15ClF3N/c1-8-3-4-10(11(13)5-8)7-17-9(2)6-12(14,15)16/h3-5,9,17H,6-7H2,1-2H3. The summed E-state index contributed by atoms with van der Waals surface area (Å²) in [5.74, 6) is 0. The first-order chi connectivity index (χ1) is 7.78. The predicted octanol–water partition coefficient (Wildman–Crippen LogP) is 4.08. The third kappa shape index (κ3) is 5.41. The van der Waals surface area contributed by atoms with E-state index in [4.69, 9.17) is 11.6 Å². The van der Waals surface area contributed by atoms with Crippen molar-refractivity contribution in [3.8, 4) is 0 Å². The van der Waals surface area contributed by atoms with Crippen molar-refractivity contribution in [1.29, 1.82) is 0 Å². The van der Waals surface area contributed by atoms with Gasteiger partial charge in [0.15, 0.2) is 0 Å². The number of rotatable bonds is 4. The van der Waals surface area contributed by atoms with Crippen molar-refractivity contribution in [1.82, 2.24) is 5.32 Å². The van der Waals surface area contributed by atoms with Crippen LogP contribution in [0.4, 0.5) is 13.2 Å². The zero-order valence-electron chi connectivity index (χ0n) is 9.74. The average molecular weight is 266 g/mol. The molecule has 1 rings (SSSR count). The molecule has 0 bridgehead atoms. The summed E-state index contributed by atoms with van der Waals surface area (Å²) in [6, 6.07) is 4.89. The van der Waals surface area contributed by atoms with Crippen molar-refractivity contribution in [2.75, 3.05) is 0 Å². The summed E-state index contributed by atoms with van der Waals surface area (Å²) in [5, 5.41) is 3.39. The van der Waals surface area contributed by atoms with Crippen LogP contribution < -0.4 is 5.32 Å². The maximum absolute atomic E-state index is 12.1. The Balaban J connectivity index is 2.50. The number of hydrogen-bond donors (Lipinski definition) is 1. The third-order valence-corrected chi connectivity index (χ3v) is 2.74. The molecule has 96 valence electrons. The Bertz CT molecular complexity index is 377. The van der Waals surface area contributed by atoms with E-state index in [0.717, 1.165) is 11.1 Å². The fraction of sp³-hybridized carbons (Fsp3) is 0.500. The third-order valence-electron chi connectivity index (χ3n) is 2.39. The lowest BCUT2D eigenvalue weighted by molar-refractivity contribution is -0.139. The van der Waals surface area contributed by atoms with Gasteiger partial charge in [0.25, 0.3) is 0 Å². The highest BCUT2D eigenvalue weighted by Gasteiger charge is 2.29. The van der Waals surface area contributed by atoms with Gasteiger partial charge in [-0.2, -0.15) is 13.2 Å². The van der Waals surface area contributed by atoms with E-state index in [-0.39, 0.29) is 0 Å². The second-order valence-electron chi connectivity index (χ2n) is 4.20. The number of nitrogens with one attached hydrogen (secondary N) is 1. The molecule has 0 amide bonds. The highest BCUT2D eigenvalue weighted by atomic mass is 35.5. The van der Waals surface area contributed by atoms with Crippen LogP contribution in [-0.2, 0) is 6.54 Å². The molecule has 0 aliphatic heterocycles. The fourth-order valence-electron chi connectivity index (χ4n) is 1.50. The van der Waals surface area contributed by atoms with Gasteiger partial charge in [0.1, 0.15) is 0 Å². The van der Waals surface area contributed by atoms with Crippen LogP contribution in [0.3, 0.4) is 0 Å². The summed E-state index contributed by atoms with van der Waals surface area (Å²) in [5.41, 5.74) is 1.84. The lowest BCUT2D eigenvalue weighted by Gasteiger charge is -2.16. The molecule has 0 aromatic heterocycles. The molecular formula is C12H15ClF3N. The topological polar surface area (TPSA) is 12.0 Å². The zero-order chi connectivity index (χ0) is 13.1. The Morgan fingerprint density at radius 1 is 1.35 bits per heavy atom. The monoisotopic (exact) mass is 265 g/mol. The average Bonchev–Trinajstić information content (AvgIpc) is 2.13. The van der Waals surface area contributed by atoms with Crippen LogP contribution in [0, 0.1) is 6.92 Å². The van der Waals surface area contributed by atoms with Crippen LogP contribution >= 0.6 is 11.6 Å². The Kier molecular flexibility index (Phi) is 4.83. The van der Waals surface area contributed by atoms with Gasteiger partial charge in [0.05, 0.1) is 6.42 Å². The van der Waals surface area contributed by atoms with Crippen molar-refractivity contribution in [3.05, 3.63) is 34.3 Å². The van der Waals surface area contributed by atoms with Gasteiger partial charge < -0.3 is 5.32 Å². The van der Waals surface area contributed by atoms with Crippen molar-refractivity contribution >= 4 is 11.6 Å². The zero-order valence-corrected chi connectivity index (χ0v) is 10.5. The number of halogens is 4. The van der Waals surface area contributed by atoms with E-state index in [1.807, 2.05) is 19.1 Å². The van der Waals surface area contributed by atoms with Gasteiger partial charge in [-0.1, -0.05) is 23.7 Å². The van der Waals surface area contributed by atoms with Gasteiger partial charge in [-0.15, -0.1) is 0 Å². The highest BCUT2D eigenvalue weighted by Crippen LogP contribution is 2.22. The molecule has 0 aliphatic rings. The molecule has 1 nitrogen and oxygen atoms in total. The molecule has 5 heteroatoms. The molecule has 0 radical (unpaired) electrons. The van der Waals surface area contributed by atoms with Crippen LogP contribution in [0.15, 0.2) is 18.2 Å². The first kappa shape index (κ1) is 14.3. The van der Waals surface area contributed by atoms with Crippen molar-refractivity contribution in [2.24, 2.45) is 0 Å². The SMILES string of the molecule is Cc1ccc(CNC(C)CC(F)(F)F)c(Cl)c1. The van der Waals surface area contributed by atoms with E-state index in [2.05, 4.69) is 5.32 Å². The lowest BCUT2D eigenvalue weighted by atomic mass is 10.1. The van der Waals surface area contributed by atoms with E-state index in [1.165, 1.54) is 6.92 Å². The Hall–Kier alpha value is -0.740.